The van der Waals surface area contributed by atoms with Crippen LogP contribution in [0.5, 0.6) is 0 Å². The first-order valence-electron chi connectivity index (χ1n) is 11.4. The number of hydrogen-bond acceptors (Lipinski definition) is 2. The van der Waals surface area contributed by atoms with Crippen molar-refractivity contribution >= 4 is 0 Å². The molecular weight excluding hydrogens is 332 g/mol. The molecule has 0 aliphatic heterocycles. The van der Waals surface area contributed by atoms with E-state index in [9.17, 15) is 5.11 Å². The number of allylic oxidation sites excluding steroid dienone is 3. The van der Waals surface area contributed by atoms with Gasteiger partial charge in [-0.2, -0.15) is 0 Å². The van der Waals surface area contributed by atoms with Crippen LogP contribution in [0.2, 0.25) is 0 Å². The predicted octanol–water partition coefficient (Wildman–Crippen LogP) is 5.96. The molecule has 0 bridgehead atoms. The summed E-state index contributed by atoms with van der Waals surface area (Å²) in [6.45, 7) is 7.56. The summed E-state index contributed by atoms with van der Waals surface area (Å²) in [6, 6.07) is 0. The molecule has 0 amide bonds. The fraction of sp³-hybridized carbons (Fsp3) is 0.760. The molecule has 0 aromatic carbocycles. The molecule has 0 saturated heterocycles. The minimum absolute atomic E-state index is 0.169. The number of rotatable bonds is 5. The largest absolute Gasteiger partial charge is 0.396 e. The van der Waals surface area contributed by atoms with E-state index in [1.807, 2.05) is 6.08 Å². The second-order valence-corrected chi connectivity index (χ2v) is 9.56. The van der Waals surface area contributed by atoms with Crippen molar-refractivity contribution in [2.24, 2.45) is 23.2 Å². The van der Waals surface area contributed by atoms with E-state index < -0.39 is 0 Å². The van der Waals surface area contributed by atoms with Gasteiger partial charge in [0, 0.05) is 6.61 Å². The third kappa shape index (κ3) is 4.43. The molecule has 3 rings (SSSR count). The maximum atomic E-state index is 10.4. The monoisotopic (exact) mass is 372 g/mol. The predicted molar refractivity (Wildman–Crippen MR) is 113 cm³/mol. The van der Waals surface area contributed by atoms with Gasteiger partial charge in [0.1, 0.15) is 0 Å². The second-order valence-electron chi connectivity index (χ2n) is 9.56. The van der Waals surface area contributed by atoms with Crippen LogP contribution in [0.4, 0.5) is 0 Å². The fourth-order valence-electron chi connectivity index (χ4n) is 6.32. The van der Waals surface area contributed by atoms with Crippen molar-refractivity contribution in [3.8, 4) is 0 Å². The lowest BCUT2D eigenvalue weighted by Gasteiger charge is -2.44. The van der Waals surface area contributed by atoms with Gasteiger partial charge in [0.15, 0.2) is 0 Å². The van der Waals surface area contributed by atoms with Crippen molar-refractivity contribution in [1.82, 2.24) is 0 Å². The molecule has 27 heavy (non-hydrogen) atoms. The molecule has 2 heteroatoms. The Morgan fingerprint density at radius 1 is 1.15 bits per heavy atom. The van der Waals surface area contributed by atoms with Crippen molar-refractivity contribution in [2.75, 3.05) is 6.61 Å². The van der Waals surface area contributed by atoms with E-state index in [1.165, 1.54) is 44.1 Å². The summed E-state index contributed by atoms with van der Waals surface area (Å²) in [6.07, 6.45) is 17.9. The molecule has 0 radical (unpaired) electrons. The van der Waals surface area contributed by atoms with Crippen LogP contribution in [0.15, 0.2) is 34.9 Å². The zero-order valence-electron chi connectivity index (χ0n) is 17.7. The van der Waals surface area contributed by atoms with Crippen LogP contribution < -0.4 is 0 Å². The van der Waals surface area contributed by atoms with Crippen molar-refractivity contribution < 1.29 is 10.2 Å². The highest BCUT2D eigenvalue weighted by Gasteiger charge is 2.50. The van der Waals surface area contributed by atoms with Gasteiger partial charge in [0.2, 0.25) is 0 Å². The summed E-state index contributed by atoms with van der Waals surface area (Å²) in [4.78, 5) is 0. The average Bonchev–Trinajstić information content (AvgIpc) is 3.02. The minimum Gasteiger partial charge on any atom is -0.396 e. The molecular formula is C25H40O2. The van der Waals surface area contributed by atoms with Crippen LogP contribution in [0.25, 0.3) is 0 Å². The zero-order valence-corrected chi connectivity index (χ0v) is 17.7. The lowest BCUT2D eigenvalue weighted by molar-refractivity contribution is 0.0961. The fourth-order valence-corrected chi connectivity index (χ4v) is 6.32. The molecule has 0 heterocycles. The lowest BCUT2D eigenvalue weighted by Crippen LogP contribution is -2.35. The lowest BCUT2D eigenvalue weighted by atomic mass is 9.61. The van der Waals surface area contributed by atoms with Gasteiger partial charge >= 0.3 is 0 Å². The summed E-state index contributed by atoms with van der Waals surface area (Å²) in [5.74, 6) is 2.51. The number of fused-ring (bicyclic) bond motifs is 1. The first kappa shape index (κ1) is 20.9. The van der Waals surface area contributed by atoms with Gasteiger partial charge in [-0.25, -0.2) is 0 Å². The molecule has 0 aromatic heterocycles. The zero-order chi connectivity index (χ0) is 19.4. The topological polar surface area (TPSA) is 40.5 Å². The molecule has 3 aliphatic rings. The first-order chi connectivity index (χ1) is 13.0. The van der Waals surface area contributed by atoms with Crippen LogP contribution in [0.1, 0.15) is 85.0 Å². The summed E-state index contributed by atoms with van der Waals surface area (Å²) < 4.78 is 0. The maximum absolute atomic E-state index is 10.4. The molecule has 3 fully saturated rings. The van der Waals surface area contributed by atoms with Gasteiger partial charge in [-0.05, 0) is 86.5 Å². The maximum Gasteiger partial charge on any atom is 0.0787 e. The van der Waals surface area contributed by atoms with E-state index in [0.717, 1.165) is 42.6 Å². The summed E-state index contributed by atoms with van der Waals surface area (Å²) in [5.41, 5.74) is 4.69. The Hall–Kier alpha value is -0.860. The van der Waals surface area contributed by atoms with Gasteiger partial charge < -0.3 is 10.2 Å². The van der Waals surface area contributed by atoms with Crippen LogP contribution in [0, 0.1) is 23.2 Å². The molecule has 3 saturated carbocycles. The van der Waals surface area contributed by atoms with Crippen LogP contribution in [-0.4, -0.2) is 22.9 Å². The normalized spacial score (nSPS) is 39.9. The van der Waals surface area contributed by atoms with Crippen molar-refractivity contribution in [3.63, 3.8) is 0 Å². The van der Waals surface area contributed by atoms with E-state index in [0.29, 0.717) is 11.8 Å². The SMILES string of the molecule is CCC(C)C1CCC2/C(=C/C=C3/CC/C(=C\CCO)C(O)C3)CCCC21C. The second kappa shape index (κ2) is 9.09. The number of hydrogen-bond donors (Lipinski definition) is 2. The van der Waals surface area contributed by atoms with E-state index in [2.05, 4.69) is 32.9 Å². The Morgan fingerprint density at radius 3 is 2.67 bits per heavy atom. The Labute approximate surface area is 166 Å². The molecule has 2 N–H and O–H groups in total. The van der Waals surface area contributed by atoms with Crippen molar-refractivity contribution in [1.29, 1.82) is 0 Å². The van der Waals surface area contributed by atoms with Gasteiger partial charge in [-0.1, -0.05) is 56.6 Å². The number of aliphatic hydroxyl groups excluding tert-OH is 2. The molecule has 5 unspecified atom stereocenters. The van der Waals surface area contributed by atoms with E-state index >= 15 is 0 Å². The Balaban J connectivity index is 1.70. The van der Waals surface area contributed by atoms with Gasteiger partial charge in [0.05, 0.1) is 6.10 Å². The molecule has 3 aliphatic carbocycles. The van der Waals surface area contributed by atoms with Crippen LogP contribution in [-0.2, 0) is 0 Å². The van der Waals surface area contributed by atoms with Crippen molar-refractivity contribution in [2.45, 2.75) is 91.1 Å². The Kier molecular flexibility index (Phi) is 7.03. The first-order valence-corrected chi connectivity index (χ1v) is 11.4. The molecule has 0 aromatic rings. The highest BCUT2D eigenvalue weighted by molar-refractivity contribution is 5.28. The highest BCUT2D eigenvalue weighted by atomic mass is 16.3. The molecule has 5 atom stereocenters. The smallest absolute Gasteiger partial charge is 0.0787 e. The molecule has 0 spiro atoms. The molecule has 152 valence electrons. The Bertz CT molecular complexity index is 599. The standard InChI is InChI=1S/C25H40O2/c1-4-18(2)22-13-14-23-20(7-5-15-25(22,23)3)11-9-19-10-12-21(8-6-16-26)24(27)17-19/h8-9,11,18,22-24,26-27H,4-7,10,12-17H2,1-3H3/b19-9-,20-11+,21-8+. The van der Waals surface area contributed by atoms with E-state index in [4.69, 9.17) is 5.11 Å². The number of aliphatic hydroxyl groups is 2. The highest BCUT2D eigenvalue weighted by Crippen LogP contribution is 2.59. The average molecular weight is 373 g/mol. The third-order valence-corrected chi connectivity index (χ3v) is 8.06. The van der Waals surface area contributed by atoms with Crippen LogP contribution in [0.3, 0.4) is 0 Å². The van der Waals surface area contributed by atoms with Gasteiger partial charge in [0.25, 0.3) is 0 Å². The van der Waals surface area contributed by atoms with E-state index in [1.54, 1.807) is 5.57 Å². The molecule has 2 nitrogen and oxygen atoms in total. The summed E-state index contributed by atoms with van der Waals surface area (Å²) in [5, 5.41) is 19.4. The third-order valence-electron chi connectivity index (χ3n) is 8.06. The quantitative estimate of drug-likeness (QED) is 0.585. The van der Waals surface area contributed by atoms with Gasteiger partial charge in [-0.3, -0.25) is 0 Å². The minimum atomic E-state index is -0.354. The van der Waals surface area contributed by atoms with E-state index in [-0.39, 0.29) is 12.7 Å². The van der Waals surface area contributed by atoms with Crippen molar-refractivity contribution in [3.05, 3.63) is 34.9 Å². The van der Waals surface area contributed by atoms with Gasteiger partial charge in [-0.15, -0.1) is 0 Å². The Morgan fingerprint density at radius 2 is 1.96 bits per heavy atom. The van der Waals surface area contributed by atoms with Crippen LogP contribution >= 0.6 is 0 Å². The summed E-state index contributed by atoms with van der Waals surface area (Å²) in [7, 11) is 0. The summed E-state index contributed by atoms with van der Waals surface area (Å²) >= 11 is 0.